The molecule has 0 fully saturated rings. The third-order valence-electron chi connectivity index (χ3n) is 2.54. The number of benzene rings is 1. The zero-order valence-electron chi connectivity index (χ0n) is 9.58. The van der Waals surface area contributed by atoms with Crippen LogP contribution in [0.3, 0.4) is 0 Å². The molecule has 0 bridgehead atoms. The van der Waals surface area contributed by atoms with E-state index in [0.29, 0.717) is 0 Å². The van der Waals surface area contributed by atoms with Crippen molar-refractivity contribution in [2.75, 3.05) is 0 Å². The van der Waals surface area contributed by atoms with Crippen molar-refractivity contribution in [1.82, 2.24) is 4.98 Å². The SMILES string of the molecule is CC(C)(C)c1cc(O)c2cccc(Br)c2n1. The summed E-state index contributed by atoms with van der Waals surface area (Å²) in [5.74, 6) is 0.288. The van der Waals surface area contributed by atoms with Crippen molar-refractivity contribution < 1.29 is 5.11 Å². The summed E-state index contributed by atoms with van der Waals surface area (Å²) in [6, 6.07) is 7.44. The molecule has 0 saturated carbocycles. The van der Waals surface area contributed by atoms with Gasteiger partial charge in [0.2, 0.25) is 0 Å². The summed E-state index contributed by atoms with van der Waals surface area (Å²) in [5, 5.41) is 10.8. The second-order valence-corrected chi connectivity index (χ2v) is 5.77. The second-order valence-electron chi connectivity index (χ2n) is 4.91. The Morgan fingerprint density at radius 2 is 1.94 bits per heavy atom. The van der Waals surface area contributed by atoms with Crippen LogP contribution in [-0.2, 0) is 5.41 Å². The van der Waals surface area contributed by atoms with Crippen LogP contribution in [0.1, 0.15) is 26.5 Å². The van der Waals surface area contributed by atoms with Gasteiger partial charge in [-0.25, -0.2) is 0 Å². The highest BCUT2D eigenvalue weighted by Gasteiger charge is 2.18. The van der Waals surface area contributed by atoms with E-state index in [1.165, 1.54) is 0 Å². The van der Waals surface area contributed by atoms with E-state index in [0.717, 1.165) is 21.1 Å². The largest absolute Gasteiger partial charge is 0.507 e. The van der Waals surface area contributed by atoms with E-state index in [9.17, 15) is 5.11 Å². The average Bonchev–Trinajstić information content (AvgIpc) is 2.18. The van der Waals surface area contributed by atoms with Crippen molar-refractivity contribution in [1.29, 1.82) is 0 Å². The molecular formula is C13H14BrNO. The monoisotopic (exact) mass is 279 g/mol. The molecular weight excluding hydrogens is 266 g/mol. The summed E-state index contributed by atoms with van der Waals surface area (Å²) >= 11 is 3.46. The van der Waals surface area contributed by atoms with Crippen molar-refractivity contribution in [3.63, 3.8) is 0 Å². The van der Waals surface area contributed by atoms with Gasteiger partial charge in [-0.1, -0.05) is 26.8 Å². The van der Waals surface area contributed by atoms with E-state index in [4.69, 9.17) is 0 Å². The molecule has 0 amide bonds. The lowest BCUT2D eigenvalue weighted by atomic mass is 9.91. The van der Waals surface area contributed by atoms with Crippen LogP contribution in [0.25, 0.3) is 10.9 Å². The lowest BCUT2D eigenvalue weighted by Crippen LogP contribution is -2.13. The molecule has 1 heterocycles. The first-order valence-electron chi connectivity index (χ1n) is 5.18. The number of aromatic hydroxyl groups is 1. The topological polar surface area (TPSA) is 33.1 Å². The van der Waals surface area contributed by atoms with E-state index in [1.54, 1.807) is 6.07 Å². The van der Waals surface area contributed by atoms with Crippen LogP contribution >= 0.6 is 15.9 Å². The summed E-state index contributed by atoms with van der Waals surface area (Å²) in [6.07, 6.45) is 0. The van der Waals surface area contributed by atoms with E-state index in [2.05, 4.69) is 41.7 Å². The van der Waals surface area contributed by atoms with Crippen LogP contribution in [0.4, 0.5) is 0 Å². The molecule has 84 valence electrons. The maximum Gasteiger partial charge on any atom is 0.126 e. The van der Waals surface area contributed by atoms with Gasteiger partial charge in [-0.05, 0) is 28.1 Å². The number of fused-ring (bicyclic) bond motifs is 1. The fourth-order valence-corrected chi connectivity index (χ4v) is 2.03. The minimum atomic E-state index is -0.0685. The predicted molar refractivity (Wildman–Crippen MR) is 69.8 cm³/mol. The fraction of sp³-hybridized carbons (Fsp3) is 0.308. The Bertz CT molecular complexity index is 543. The maximum absolute atomic E-state index is 9.98. The summed E-state index contributed by atoms with van der Waals surface area (Å²) in [7, 11) is 0. The highest BCUT2D eigenvalue weighted by atomic mass is 79.9. The van der Waals surface area contributed by atoms with Crippen LogP contribution < -0.4 is 0 Å². The van der Waals surface area contributed by atoms with Crippen LogP contribution in [-0.4, -0.2) is 10.1 Å². The normalized spacial score (nSPS) is 12.0. The quantitative estimate of drug-likeness (QED) is 0.791. The molecule has 0 unspecified atom stereocenters. The first-order chi connectivity index (χ1) is 7.39. The Kier molecular flexibility index (Phi) is 2.66. The maximum atomic E-state index is 9.98. The fourth-order valence-electron chi connectivity index (χ4n) is 1.58. The van der Waals surface area contributed by atoms with Gasteiger partial charge in [-0.3, -0.25) is 4.98 Å². The summed E-state index contributed by atoms with van der Waals surface area (Å²) in [5.41, 5.74) is 1.64. The van der Waals surface area contributed by atoms with Crippen LogP contribution in [0.15, 0.2) is 28.7 Å². The Labute approximate surface area is 103 Å². The number of pyridine rings is 1. The number of halogens is 1. The van der Waals surface area contributed by atoms with E-state index in [-0.39, 0.29) is 11.2 Å². The van der Waals surface area contributed by atoms with Crippen molar-refractivity contribution in [3.05, 3.63) is 34.4 Å². The van der Waals surface area contributed by atoms with Crippen molar-refractivity contribution in [2.24, 2.45) is 0 Å². The standard InChI is InChI=1S/C13H14BrNO/c1-13(2,3)11-7-10(16)8-5-4-6-9(14)12(8)15-11/h4-7H,1-3H3,(H,15,16). The minimum Gasteiger partial charge on any atom is -0.507 e. The zero-order valence-corrected chi connectivity index (χ0v) is 11.2. The molecule has 2 aromatic rings. The first kappa shape index (κ1) is 11.4. The van der Waals surface area contributed by atoms with Gasteiger partial charge >= 0.3 is 0 Å². The third kappa shape index (κ3) is 1.92. The second kappa shape index (κ2) is 3.74. The van der Waals surface area contributed by atoms with Gasteiger partial charge in [0, 0.05) is 21.3 Å². The molecule has 2 nitrogen and oxygen atoms in total. The lowest BCUT2D eigenvalue weighted by Gasteiger charge is -2.19. The number of hydrogen-bond donors (Lipinski definition) is 1. The van der Waals surface area contributed by atoms with Crippen LogP contribution in [0, 0.1) is 0 Å². The number of aromatic nitrogens is 1. The molecule has 0 aliphatic heterocycles. The molecule has 0 saturated heterocycles. The summed E-state index contributed by atoms with van der Waals surface area (Å²) in [6.45, 7) is 6.24. The highest BCUT2D eigenvalue weighted by Crippen LogP contribution is 2.32. The van der Waals surface area contributed by atoms with Crippen molar-refractivity contribution in [3.8, 4) is 5.75 Å². The van der Waals surface area contributed by atoms with Gasteiger partial charge in [0.1, 0.15) is 5.75 Å². The average molecular weight is 280 g/mol. The van der Waals surface area contributed by atoms with Gasteiger partial charge in [-0.15, -0.1) is 0 Å². The van der Waals surface area contributed by atoms with E-state index >= 15 is 0 Å². The Morgan fingerprint density at radius 1 is 1.25 bits per heavy atom. The highest BCUT2D eigenvalue weighted by molar-refractivity contribution is 9.10. The van der Waals surface area contributed by atoms with Crippen LogP contribution in [0.2, 0.25) is 0 Å². The minimum absolute atomic E-state index is 0.0685. The van der Waals surface area contributed by atoms with E-state index in [1.807, 2.05) is 18.2 Å². The van der Waals surface area contributed by atoms with Crippen molar-refractivity contribution in [2.45, 2.75) is 26.2 Å². The summed E-state index contributed by atoms with van der Waals surface area (Å²) in [4.78, 5) is 4.60. The molecule has 0 aliphatic rings. The Balaban J connectivity index is 2.81. The molecule has 0 spiro atoms. The molecule has 2 rings (SSSR count). The predicted octanol–water partition coefficient (Wildman–Crippen LogP) is 4.00. The molecule has 0 radical (unpaired) electrons. The van der Waals surface area contributed by atoms with Gasteiger partial charge in [0.25, 0.3) is 0 Å². The molecule has 16 heavy (non-hydrogen) atoms. The Morgan fingerprint density at radius 3 is 2.56 bits per heavy atom. The zero-order chi connectivity index (χ0) is 11.9. The van der Waals surface area contributed by atoms with Gasteiger partial charge in [0.15, 0.2) is 0 Å². The molecule has 3 heteroatoms. The van der Waals surface area contributed by atoms with Gasteiger partial charge in [-0.2, -0.15) is 0 Å². The lowest BCUT2D eigenvalue weighted by molar-refractivity contribution is 0.475. The molecule has 0 aliphatic carbocycles. The van der Waals surface area contributed by atoms with Crippen LogP contribution in [0.5, 0.6) is 5.75 Å². The molecule has 0 atom stereocenters. The number of para-hydroxylation sites is 1. The van der Waals surface area contributed by atoms with Gasteiger partial charge < -0.3 is 5.11 Å². The molecule has 1 N–H and O–H groups in total. The van der Waals surface area contributed by atoms with Gasteiger partial charge in [0.05, 0.1) is 11.2 Å². The Hall–Kier alpha value is -1.09. The smallest absolute Gasteiger partial charge is 0.126 e. The third-order valence-corrected chi connectivity index (χ3v) is 3.18. The van der Waals surface area contributed by atoms with Crippen molar-refractivity contribution >= 4 is 26.8 Å². The molecule has 1 aromatic heterocycles. The number of hydrogen-bond acceptors (Lipinski definition) is 2. The number of nitrogens with zero attached hydrogens (tertiary/aromatic N) is 1. The summed E-state index contributed by atoms with van der Waals surface area (Å²) < 4.78 is 0.909. The first-order valence-corrected chi connectivity index (χ1v) is 5.97. The number of rotatable bonds is 0. The van der Waals surface area contributed by atoms with E-state index < -0.39 is 0 Å². The molecule has 1 aromatic carbocycles.